The summed E-state index contributed by atoms with van der Waals surface area (Å²) >= 11 is 3.68. The van der Waals surface area contributed by atoms with E-state index in [1.54, 1.807) is 11.3 Å². The fraction of sp³-hybridized carbons (Fsp3) is 0.545. The SMILES string of the molecule is CN(c1nc2sccn2c1CN)C1CCSC1. The second-order valence-electron chi connectivity index (χ2n) is 4.27. The number of fused-ring (bicyclic) bond motifs is 1. The molecule has 1 saturated heterocycles. The first-order valence-corrected chi connectivity index (χ1v) is 7.79. The van der Waals surface area contributed by atoms with E-state index in [1.807, 2.05) is 11.8 Å². The normalized spacial score (nSPS) is 20.2. The van der Waals surface area contributed by atoms with Gasteiger partial charge < -0.3 is 10.6 Å². The molecular formula is C11H16N4S2. The number of anilines is 1. The third-order valence-corrected chi connectivity index (χ3v) is 5.22. The van der Waals surface area contributed by atoms with Crippen LogP contribution in [-0.2, 0) is 6.54 Å². The maximum Gasteiger partial charge on any atom is 0.195 e. The Balaban J connectivity index is 2.00. The lowest BCUT2D eigenvalue weighted by molar-refractivity contribution is 0.689. The Labute approximate surface area is 109 Å². The molecule has 0 aromatic carbocycles. The van der Waals surface area contributed by atoms with E-state index in [2.05, 4.69) is 27.9 Å². The Morgan fingerprint density at radius 3 is 3.24 bits per heavy atom. The topological polar surface area (TPSA) is 46.6 Å². The molecule has 2 aromatic rings. The first kappa shape index (κ1) is 11.4. The molecule has 92 valence electrons. The zero-order valence-electron chi connectivity index (χ0n) is 9.80. The van der Waals surface area contributed by atoms with E-state index in [9.17, 15) is 0 Å². The van der Waals surface area contributed by atoms with Gasteiger partial charge in [-0.3, -0.25) is 4.40 Å². The first-order chi connectivity index (χ1) is 8.31. The van der Waals surface area contributed by atoms with Crippen LogP contribution < -0.4 is 10.6 Å². The summed E-state index contributed by atoms with van der Waals surface area (Å²) in [6.07, 6.45) is 3.30. The number of nitrogens with two attached hydrogens (primary N) is 1. The van der Waals surface area contributed by atoms with E-state index in [0.717, 1.165) is 16.5 Å². The molecule has 6 heteroatoms. The number of nitrogens with zero attached hydrogens (tertiary/aromatic N) is 3. The third kappa shape index (κ3) is 1.84. The molecule has 2 aromatic heterocycles. The predicted octanol–water partition coefficient (Wildman–Crippen LogP) is 1.80. The van der Waals surface area contributed by atoms with E-state index < -0.39 is 0 Å². The second kappa shape index (κ2) is 4.51. The van der Waals surface area contributed by atoms with Gasteiger partial charge in [-0.2, -0.15) is 11.8 Å². The number of thiazole rings is 1. The number of thioether (sulfide) groups is 1. The summed E-state index contributed by atoms with van der Waals surface area (Å²) in [6.45, 7) is 0.539. The molecule has 1 atom stereocenters. The van der Waals surface area contributed by atoms with E-state index in [0.29, 0.717) is 12.6 Å². The molecule has 0 amide bonds. The fourth-order valence-electron chi connectivity index (χ4n) is 2.29. The quantitative estimate of drug-likeness (QED) is 0.922. The summed E-state index contributed by atoms with van der Waals surface area (Å²) in [5.41, 5.74) is 6.99. The van der Waals surface area contributed by atoms with Crippen LogP contribution in [0.3, 0.4) is 0 Å². The molecule has 1 fully saturated rings. The van der Waals surface area contributed by atoms with E-state index in [4.69, 9.17) is 10.7 Å². The summed E-state index contributed by atoms with van der Waals surface area (Å²) < 4.78 is 2.11. The molecule has 1 aliphatic heterocycles. The van der Waals surface area contributed by atoms with E-state index in [-0.39, 0.29) is 0 Å². The molecule has 1 unspecified atom stereocenters. The summed E-state index contributed by atoms with van der Waals surface area (Å²) in [7, 11) is 2.14. The van der Waals surface area contributed by atoms with Gasteiger partial charge in [-0.25, -0.2) is 4.98 Å². The predicted molar refractivity (Wildman–Crippen MR) is 75.1 cm³/mol. The van der Waals surface area contributed by atoms with Crippen molar-refractivity contribution in [2.24, 2.45) is 5.73 Å². The van der Waals surface area contributed by atoms with Gasteiger partial charge in [-0.05, 0) is 12.2 Å². The van der Waals surface area contributed by atoms with Crippen molar-refractivity contribution in [3.63, 3.8) is 0 Å². The molecule has 17 heavy (non-hydrogen) atoms. The average Bonchev–Trinajstić information content (AvgIpc) is 3.03. The van der Waals surface area contributed by atoms with Gasteiger partial charge in [0.05, 0.1) is 5.69 Å². The van der Waals surface area contributed by atoms with Gasteiger partial charge in [0, 0.05) is 37.0 Å². The number of rotatable bonds is 3. The molecule has 1 aliphatic rings. The van der Waals surface area contributed by atoms with Gasteiger partial charge in [0.1, 0.15) is 0 Å². The first-order valence-electron chi connectivity index (χ1n) is 5.76. The maximum absolute atomic E-state index is 5.87. The van der Waals surface area contributed by atoms with Crippen LogP contribution in [0.15, 0.2) is 11.6 Å². The van der Waals surface area contributed by atoms with Crippen LogP contribution in [0.4, 0.5) is 5.82 Å². The van der Waals surface area contributed by atoms with Gasteiger partial charge >= 0.3 is 0 Å². The third-order valence-electron chi connectivity index (χ3n) is 3.32. The molecule has 4 nitrogen and oxygen atoms in total. The Morgan fingerprint density at radius 2 is 2.53 bits per heavy atom. The van der Waals surface area contributed by atoms with Crippen LogP contribution in [0.5, 0.6) is 0 Å². The molecule has 3 heterocycles. The maximum atomic E-state index is 5.87. The highest BCUT2D eigenvalue weighted by molar-refractivity contribution is 7.99. The van der Waals surface area contributed by atoms with Crippen molar-refractivity contribution < 1.29 is 0 Å². The number of hydrogen-bond acceptors (Lipinski definition) is 5. The van der Waals surface area contributed by atoms with Gasteiger partial charge in [0.15, 0.2) is 10.8 Å². The summed E-state index contributed by atoms with van der Waals surface area (Å²) in [4.78, 5) is 8.05. The van der Waals surface area contributed by atoms with Crippen LogP contribution in [0.1, 0.15) is 12.1 Å². The van der Waals surface area contributed by atoms with Crippen molar-refractivity contribution in [1.82, 2.24) is 9.38 Å². The van der Waals surface area contributed by atoms with Crippen molar-refractivity contribution in [2.45, 2.75) is 19.0 Å². The highest BCUT2D eigenvalue weighted by Gasteiger charge is 2.24. The molecule has 0 aliphatic carbocycles. The van der Waals surface area contributed by atoms with Crippen LogP contribution >= 0.6 is 23.1 Å². The zero-order chi connectivity index (χ0) is 11.8. The monoisotopic (exact) mass is 268 g/mol. The minimum absolute atomic E-state index is 0.539. The van der Waals surface area contributed by atoms with Crippen molar-refractivity contribution in [3.8, 4) is 0 Å². The number of aromatic nitrogens is 2. The standard InChI is InChI=1S/C11H16N4S2/c1-14(8-2-4-16-7-8)10-9(6-12)15-3-5-17-11(15)13-10/h3,5,8H,2,4,6-7,12H2,1H3. The summed E-state index contributed by atoms with van der Waals surface area (Å²) in [5.74, 6) is 3.52. The molecule has 0 saturated carbocycles. The lowest BCUT2D eigenvalue weighted by atomic mass is 10.2. The number of hydrogen-bond donors (Lipinski definition) is 1. The van der Waals surface area contributed by atoms with Crippen LogP contribution in [-0.4, -0.2) is 34.0 Å². The smallest absolute Gasteiger partial charge is 0.195 e. The van der Waals surface area contributed by atoms with Crippen LogP contribution in [0.25, 0.3) is 4.96 Å². The van der Waals surface area contributed by atoms with Gasteiger partial charge in [-0.15, -0.1) is 11.3 Å². The molecular weight excluding hydrogens is 252 g/mol. The Hall–Kier alpha value is -0.720. The number of imidazole rings is 1. The van der Waals surface area contributed by atoms with Crippen molar-refractivity contribution >= 4 is 33.9 Å². The average molecular weight is 268 g/mol. The Bertz CT molecular complexity index is 512. The zero-order valence-corrected chi connectivity index (χ0v) is 11.4. The molecule has 0 bridgehead atoms. The molecule has 0 radical (unpaired) electrons. The highest BCUT2D eigenvalue weighted by Crippen LogP contribution is 2.29. The molecule has 0 spiro atoms. The lowest BCUT2D eigenvalue weighted by Gasteiger charge is -2.24. The minimum Gasteiger partial charge on any atom is -0.354 e. The Morgan fingerprint density at radius 1 is 1.65 bits per heavy atom. The minimum atomic E-state index is 0.539. The van der Waals surface area contributed by atoms with Gasteiger partial charge in [0.2, 0.25) is 0 Å². The summed E-state index contributed by atoms with van der Waals surface area (Å²) in [5, 5.41) is 2.05. The second-order valence-corrected chi connectivity index (χ2v) is 6.29. The van der Waals surface area contributed by atoms with Crippen molar-refractivity contribution in [3.05, 3.63) is 17.3 Å². The molecule has 2 N–H and O–H groups in total. The van der Waals surface area contributed by atoms with Crippen molar-refractivity contribution in [1.29, 1.82) is 0 Å². The Kier molecular flexibility index (Phi) is 3.02. The van der Waals surface area contributed by atoms with Gasteiger partial charge in [0.25, 0.3) is 0 Å². The van der Waals surface area contributed by atoms with Crippen LogP contribution in [0.2, 0.25) is 0 Å². The fourth-order valence-corrected chi connectivity index (χ4v) is 4.29. The van der Waals surface area contributed by atoms with Gasteiger partial charge in [-0.1, -0.05) is 0 Å². The summed E-state index contributed by atoms with van der Waals surface area (Å²) in [6, 6.07) is 0.606. The highest BCUT2D eigenvalue weighted by atomic mass is 32.2. The van der Waals surface area contributed by atoms with Crippen molar-refractivity contribution in [2.75, 3.05) is 23.5 Å². The largest absolute Gasteiger partial charge is 0.354 e. The lowest BCUT2D eigenvalue weighted by Crippen LogP contribution is -2.32. The van der Waals surface area contributed by atoms with E-state index in [1.165, 1.54) is 17.9 Å². The van der Waals surface area contributed by atoms with E-state index >= 15 is 0 Å². The molecule has 3 rings (SSSR count). The van der Waals surface area contributed by atoms with Crippen LogP contribution in [0, 0.1) is 0 Å².